The second-order valence-corrected chi connectivity index (χ2v) is 3.83. The molecule has 2 heterocycles. The molecule has 0 amide bonds. The van der Waals surface area contributed by atoms with E-state index in [4.69, 9.17) is 5.11 Å². The first kappa shape index (κ1) is 13.5. The number of carbonyl (C=O) groups excluding carboxylic acids is 1. The molecule has 0 radical (unpaired) electrons. The molecule has 7 heteroatoms. The summed E-state index contributed by atoms with van der Waals surface area (Å²) in [6.07, 6.45) is 2.60. The van der Waals surface area contributed by atoms with E-state index in [-0.39, 0.29) is 16.8 Å². The molecule has 20 heavy (non-hydrogen) atoms. The Bertz CT molecular complexity index is 736. The van der Waals surface area contributed by atoms with Crippen molar-refractivity contribution in [2.45, 2.75) is 0 Å². The highest BCUT2D eigenvalue weighted by atomic mass is 16.5. The van der Waals surface area contributed by atoms with E-state index in [1.54, 1.807) is 0 Å². The number of carbonyl (C=O) groups is 2. The summed E-state index contributed by atoms with van der Waals surface area (Å²) in [7, 11) is 1.17. The highest BCUT2D eigenvalue weighted by Gasteiger charge is 2.15. The van der Waals surface area contributed by atoms with Crippen molar-refractivity contribution in [3.63, 3.8) is 0 Å². The minimum absolute atomic E-state index is 0.0473. The van der Waals surface area contributed by atoms with Gasteiger partial charge < -0.3 is 14.8 Å². The van der Waals surface area contributed by atoms with Gasteiger partial charge in [0, 0.05) is 23.7 Å². The van der Waals surface area contributed by atoms with Crippen molar-refractivity contribution in [2.24, 2.45) is 0 Å². The van der Waals surface area contributed by atoms with Crippen LogP contribution in [0.2, 0.25) is 0 Å². The average Bonchev–Trinajstić information content (AvgIpc) is 2.46. The zero-order valence-corrected chi connectivity index (χ0v) is 10.4. The van der Waals surface area contributed by atoms with Crippen LogP contribution in [0.4, 0.5) is 0 Å². The summed E-state index contributed by atoms with van der Waals surface area (Å²) in [5.41, 5.74) is -0.262. The molecule has 0 aliphatic carbocycles. The lowest BCUT2D eigenvalue weighted by atomic mass is 10.1. The molecule has 0 fully saturated rings. The molecule has 2 aromatic heterocycles. The van der Waals surface area contributed by atoms with Crippen LogP contribution in [0.1, 0.15) is 20.7 Å². The number of carboxylic acid groups (broad SMARTS) is 1. The molecule has 0 aromatic carbocycles. The zero-order valence-electron chi connectivity index (χ0n) is 10.4. The number of aromatic nitrogens is 2. The number of hydrogen-bond acceptors (Lipinski definition) is 5. The predicted octanol–water partition coefficient (Wildman–Crippen LogP) is 0.922. The molecule has 2 N–H and O–H groups in total. The van der Waals surface area contributed by atoms with Gasteiger partial charge in [0.15, 0.2) is 0 Å². The van der Waals surface area contributed by atoms with Crippen molar-refractivity contribution in [2.75, 3.05) is 7.11 Å². The normalized spacial score (nSPS) is 10.1. The van der Waals surface area contributed by atoms with Gasteiger partial charge in [-0.25, -0.2) is 9.59 Å². The number of pyridine rings is 2. The molecule has 0 spiro atoms. The maximum Gasteiger partial charge on any atom is 0.343 e. The van der Waals surface area contributed by atoms with Gasteiger partial charge in [0.05, 0.1) is 12.7 Å². The highest BCUT2D eigenvalue weighted by molar-refractivity contribution is 5.95. The van der Waals surface area contributed by atoms with Crippen molar-refractivity contribution >= 4 is 11.9 Å². The molecule has 0 aliphatic heterocycles. The van der Waals surface area contributed by atoms with Crippen LogP contribution in [0.3, 0.4) is 0 Å². The van der Waals surface area contributed by atoms with Crippen LogP contribution < -0.4 is 5.56 Å². The van der Waals surface area contributed by atoms with E-state index in [1.165, 1.54) is 37.7 Å². The van der Waals surface area contributed by atoms with Crippen LogP contribution >= 0.6 is 0 Å². The van der Waals surface area contributed by atoms with Crippen LogP contribution in [0.15, 0.2) is 35.4 Å². The minimum atomic E-state index is -1.16. The summed E-state index contributed by atoms with van der Waals surface area (Å²) in [6.45, 7) is 0. The first-order valence-corrected chi connectivity index (χ1v) is 5.54. The molecule has 0 saturated heterocycles. The average molecular weight is 274 g/mol. The largest absolute Gasteiger partial charge is 0.478 e. The number of aromatic carboxylic acids is 1. The minimum Gasteiger partial charge on any atom is -0.478 e. The first-order valence-electron chi connectivity index (χ1n) is 5.54. The van der Waals surface area contributed by atoms with Crippen LogP contribution in [0, 0.1) is 0 Å². The SMILES string of the molecule is COC(=O)c1ccc(-c2ccncc2C(=O)O)[nH]c1=O. The van der Waals surface area contributed by atoms with Crippen molar-refractivity contribution in [3.8, 4) is 11.3 Å². The number of nitrogens with zero attached hydrogens (tertiary/aromatic N) is 1. The maximum atomic E-state index is 11.8. The fourth-order valence-electron chi connectivity index (χ4n) is 1.70. The summed E-state index contributed by atoms with van der Waals surface area (Å²) in [5.74, 6) is -1.92. The molecule has 102 valence electrons. The molecule has 0 bridgehead atoms. The van der Waals surface area contributed by atoms with Gasteiger partial charge in [-0.1, -0.05) is 0 Å². The van der Waals surface area contributed by atoms with Gasteiger partial charge in [0.2, 0.25) is 0 Å². The maximum absolute atomic E-state index is 11.8. The van der Waals surface area contributed by atoms with Gasteiger partial charge in [-0.05, 0) is 18.2 Å². The molecule has 0 unspecified atom stereocenters. The van der Waals surface area contributed by atoms with E-state index >= 15 is 0 Å². The van der Waals surface area contributed by atoms with Gasteiger partial charge in [0.1, 0.15) is 5.56 Å². The van der Waals surface area contributed by atoms with E-state index in [0.29, 0.717) is 5.56 Å². The molecular formula is C13H10N2O5. The summed E-state index contributed by atoms with van der Waals surface area (Å²) in [5, 5.41) is 9.07. The van der Waals surface area contributed by atoms with E-state index in [0.717, 1.165) is 0 Å². The van der Waals surface area contributed by atoms with Crippen molar-refractivity contribution in [3.05, 3.63) is 52.1 Å². The predicted molar refractivity (Wildman–Crippen MR) is 68.6 cm³/mol. The number of nitrogens with one attached hydrogen (secondary N) is 1. The van der Waals surface area contributed by atoms with Crippen molar-refractivity contribution in [1.29, 1.82) is 0 Å². The van der Waals surface area contributed by atoms with Crippen molar-refractivity contribution in [1.82, 2.24) is 9.97 Å². The Labute approximate surface area is 112 Å². The molecule has 0 aliphatic rings. The molecule has 0 saturated carbocycles. The summed E-state index contributed by atoms with van der Waals surface area (Å²) >= 11 is 0. The molecule has 0 atom stereocenters. The van der Waals surface area contributed by atoms with Gasteiger partial charge in [-0.15, -0.1) is 0 Å². The fraction of sp³-hybridized carbons (Fsp3) is 0.0769. The van der Waals surface area contributed by atoms with E-state index in [2.05, 4.69) is 14.7 Å². The molecule has 2 aromatic rings. The van der Waals surface area contributed by atoms with Gasteiger partial charge in [-0.3, -0.25) is 9.78 Å². The monoisotopic (exact) mass is 274 g/mol. The number of aromatic amines is 1. The van der Waals surface area contributed by atoms with Crippen molar-refractivity contribution < 1.29 is 19.4 Å². The number of esters is 1. The van der Waals surface area contributed by atoms with E-state index in [1.807, 2.05) is 0 Å². The quantitative estimate of drug-likeness (QED) is 0.805. The lowest BCUT2D eigenvalue weighted by Gasteiger charge is -2.06. The van der Waals surface area contributed by atoms with Gasteiger partial charge in [-0.2, -0.15) is 0 Å². The second kappa shape index (κ2) is 5.35. The number of hydrogen-bond donors (Lipinski definition) is 2. The van der Waals surface area contributed by atoms with Crippen LogP contribution in [-0.4, -0.2) is 34.1 Å². The standard InChI is InChI=1S/C13H10N2O5/c1-20-13(19)8-2-3-10(15-11(8)16)7-4-5-14-6-9(7)12(17)18/h2-6H,1H3,(H,15,16)(H,17,18). The Hall–Kier alpha value is -2.96. The summed E-state index contributed by atoms with van der Waals surface area (Å²) < 4.78 is 4.46. The Morgan fingerprint density at radius 3 is 2.60 bits per heavy atom. The van der Waals surface area contributed by atoms with Crippen LogP contribution in [-0.2, 0) is 4.74 Å². The third-order valence-corrected chi connectivity index (χ3v) is 2.66. The summed E-state index contributed by atoms with van der Waals surface area (Å²) in [6, 6.07) is 4.19. The second-order valence-electron chi connectivity index (χ2n) is 3.83. The smallest absolute Gasteiger partial charge is 0.343 e. The first-order chi connectivity index (χ1) is 9.54. The Morgan fingerprint density at radius 1 is 1.25 bits per heavy atom. The molecule has 7 nitrogen and oxygen atoms in total. The topological polar surface area (TPSA) is 109 Å². The van der Waals surface area contributed by atoms with Crippen LogP contribution in [0.25, 0.3) is 11.3 Å². The van der Waals surface area contributed by atoms with Crippen LogP contribution in [0.5, 0.6) is 0 Å². The lowest BCUT2D eigenvalue weighted by Crippen LogP contribution is -2.19. The third-order valence-electron chi connectivity index (χ3n) is 2.66. The number of carboxylic acids is 1. The Morgan fingerprint density at radius 2 is 2.00 bits per heavy atom. The Kier molecular flexibility index (Phi) is 3.60. The highest BCUT2D eigenvalue weighted by Crippen LogP contribution is 2.20. The third kappa shape index (κ3) is 2.41. The van der Waals surface area contributed by atoms with E-state index < -0.39 is 17.5 Å². The number of methoxy groups -OCH3 is 1. The van der Waals surface area contributed by atoms with Gasteiger partial charge in [0.25, 0.3) is 5.56 Å². The molecular weight excluding hydrogens is 264 g/mol. The number of H-pyrrole nitrogens is 1. The zero-order chi connectivity index (χ0) is 14.7. The van der Waals surface area contributed by atoms with Gasteiger partial charge >= 0.3 is 11.9 Å². The van der Waals surface area contributed by atoms with E-state index in [9.17, 15) is 14.4 Å². The summed E-state index contributed by atoms with van der Waals surface area (Å²) in [4.78, 5) is 40.4. The number of rotatable bonds is 3. The molecule has 2 rings (SSSR count). The lowest BCUT2D eigenvalue weighted by molar-refractivity contribution is 0.0597. The fourth-order valence-corrected chi connectivity index (χ4v) is 1.70. The Balaban J connectivity index is 2.56. The number of ether oxygens (including phenoxy) is 1.